The van der Waals surface area contributed by atoms with Crippen molar-refractivity contribution in [3.63, 3.8) is 0 Å². The number of amides is 1. The monoisotopic (exact) mass is 399 g/mol. The highest BCUT2D eigenvalue weighted by molar-refractivity contribution is 5.91. The van der Waals surface area contributed by atoms with Gasteiger partial charge in [-0.25, -0.2) is 13.8 Å². The van der Waals surface area contributed by atoms with Crippen molar-refractivity contribution in [1.29, 1.82) is 0 Å². The molecule has 2 aromatic heterocycles. The Morgan fingerprint density at radius 1 is 1.07 bits per heavy atom. The number of hydrogen-bond donors (Lipinski definition) is 1. The summed E-state index contributed by atoms with van der Waals surface area (Å²) in [6, 6.07) is 8.59. The summed E-state index contributed by atoms with van der Waals surface area (Å²) in [6.45, 7) is 3.82. The first-order chi connectivity index (χ1) is 14.0. The van der Waals surface area contributed by atoms with Gasteiger partial charge in [0.1, 0.15) is 23.1 Å². The van der Waals surface area contributed by atoms with Crippen molar-refractivity contribution in [2.75, 3.05) is 36.4 Å². The average Bonchev–Trinajstić information content (AvgIpc) is 3.25. The Balaban J connectivity index is 1.48. The summed E-state index contributed by atoms with van der Waals surface area (Å²) in [4.78, 5) is 24.9. The highest BCUT2D eigenvalue weighted by atomic mass is 19.1. The van der Waals surface area contributed by atoms with Gasteiger partial charge >= 0.3 is 0 Å². The maximum atomic E-state index is 13.9. The lowest BCUT2D eigenvalue weighted by Crippen LogP contribution is -2.49. The molecule has 1 N–H and O–H groups in total. The molecule has 1 amide bonds. The molecule has 7 nitrogen and oxygen atoms in total. The third-order valence-electron chi connectivity index (χ3n) is 4.64. The number of halogens is 2. The van der Waals surface area contributed by atoms with Crippen LogP contribution < -0.4 is 10.2 Å². The van der Waals surface area contributed by atoms with E-state index in [4.69, 9.17) is 4.42 Å². The van der Waals surface area contributed by atoms with Gasteiger partial charge in [0.2, 0.25) is 5.95 Å². The first-order valence-electron chi connectivity index (χ1n) is 9.16. The molecule has 0 atom stereocenters. The molecule has 4 rings (SSSR count). The molecule has 0 bridgehead atoms. The third kappa shape index (κ3) is 4.03. The number of aromatic nitrogens is 2. The van der Waals surface area contributed by atoms with Crippen LogP contribution in [0, 0.1) is 18.6 Å². The predicted octanol–water partition coefficient (Wildman–Crippen LogP) is 3.36. The van der Waals surface area contributed by atoms with Crippen molar-refractivity contribution in [1.82, 2.24) is 14.9 Å². The molecule has 1 aliphatic rings. The van der Waals surface area contributed by atoms with Crippen LogP contribution in [0.3, 0.4) is 0 Å². The third-order valence-corrected chi connectivity index (χ3v) is 4.64. The highest BCUT2D eigenvalue weighted by Gasteiger charge is 2.25. The molecule has 3 heterocycles. The number of piperazine rings is 1. The van der Waals surface area contributed by atoms with Gasteiger partial charge in [-0.1, -0.05) is 6.07 Å². The molecule has 29 heavy (non-hydrogen) atoms. The molecular formula is C20H19F2N5O2. The van der Waals surface area contributed by atoms with Crippen LogP contribution in [0.25, 0.3) is 0 Å². The molecule has 0 radical (unpaired) electrons. The number of furan rings is 1. The van der Waals surface area contributed by atoms with E-state index in [9.17, 15) is 13.6 Å². The van der Waals surface area contributed by atoms with Crippen LogP contribution in [-0.4, -0.2) is 47.0 Å². The molecule has 0 aliphatic carbocycles. The minimum atomic E-state index is -0.701. The molecule has 0 saturated carbocycles. The summed E-state index contributed by atoms with van der Waals surface area (Å²) < 4.78 is 33.0. The minimum Gasteiger partial charge on any atom is -0.459 e. The lowest BCUT2D eigenvalue weighted by Gasteiger charge is -2.34. The summed E-state index contributed by atoms with van der Waals surface area (Å²) in [5.41, 5.74) is 0.397. The number of nitrogens with one attached hydrogen (secondary N) is 1. The van der Waals surface area contributed by atoms with Crippen LogP contribution >= 0.6 is 0 Å². The zero-order valence-electron chi connectivity index (χ0n) is 15.7. The van der Waals surface area contributed by atoms with Crippen molar-refractivity contribution in [3.8, 4) is 0 Å². The highest BCUT2D eigenvalue weighted by Crippen LogP contribution is 2.24. The second kappa shape index (κ2) is 7.86. The van der Waals surface area contributed by atoms with Gasteiger partial charge in [-0.15, -0.1) is 0 Å². The average molecular weight is 399 g/mol. The first-order valence-corrected chi connectivity index (χ1v) is 9.16. The van der Waals surface area contributed by atoms with E-state index in [1.54, 1.807) is 30.0 Å². The van der Waals surface area contributed by atoms with Crippen molar-refractivity contribution in [2.45, 2.75) is 6.92 Å². The number of rotatable bonds is 4. The van der Waals surface area contributed by atoms with Gasteiger partial charge in [-0.05, 0) is 31.2 Å². The van der Waals surface area contributed by atoms with Crippen LogP contribution in [0.4, 0.5) is 26.2 Å². The van der Waals surface area contributed by atoms with Crippen LogP contribution in [0.2, 0.25) is 0 Å². The SMILES string of the molecule is Cc1cc(Nc2c(F)cccc2F)nc(N2CCN(C(=O)c3ccco3)CC2)n1. The Hall–Kier alpha value is -3.49. The zero-order valence-corrected chi connectivity index (χ0v) is 15.7. The fourth-order valence-corrected chi connectivity index (χ4v) is 3.17. The number of para-hydroxylation sites is 1. The molecule has 1 saturated heterocycles. The normalized spacial score (nSPS) is 14.2. The second-order valence-corrected chi connectivity index (χ2v) is 6.67. The molecule has 0 spiro atoms. The van der Waals surface area contributed by atoms with Crippen LogP contribution in [0.1, 0.15) is 16.2 Å². The van der Waals surface area contributed by atoms with E-state index in [1.807, 2.05) is 4.90 Å². The predicted molar refractivity (Wildman–Crippen MR) is 103 cm³/mol. The second-order valence-electron chi connectivity index (χ2n) is 6.67. The van der Waals surface area contributed by atoms with E-state index < -0.39 is 11.6 Å². The molecule has 3 aromatic rings. The summed E-state index contributed by atoms with van der Waals surface area (Å²) in [5.74, 6) is -0.512. The van der Waals surface area contributed by atoms with Crippen LogP contribution in [-0.2, 0) is 0 Å². The number of anilines is 3. The van der Waals surface area contributed by atoms with Gasteiger partial charge in [0, 0.05) is 37.9 Å². The Morgan fingerprint density at radius 2 is 1.79 bits per heavy atom. The number of carbonyl (C=O) groups is 1. The van der Waals surface area contributed by atoms with E-state index >= 15 is 0 Å². The van der Waals surface area contributed by atoms with Gasteiger partial charge in [-0.3, -0.25) is 4.79 Å². The lowest BCUT2D eigenvalue weighted by atomic mass is 10.3. The van der Waals surface area contributed by atoms with Gasteiger partial charge in [0.15, 0.2) is 5.76 Å². The fourth-order valence-electron chi connectivity index (χ4n) is 3.17. The Bertz CT molecular complexity index is 997. The van der Waals surface area contributed by atoms with Crippen molar-refractivity contribution >= 4 is 23.4 Å². The number of aryl methyl sites for hydroxylation is 1. The Morgan fingerprint density at radius 3 is 2.45 bits per heavy atom. The summed E-state index contributed by atoms with van der Waals surface area (Å²) >= 11 is 0. The lowest BCUT2D eigenvalue weighted by molar-refractivity contribution is 0.0714. The summed E-state index contributed by atoms with van der Waals surface area (Å²) in [5, 5.41) is 2.70. The number of hydrogen-bond acceptors (Lipinski definition) is 6. The van der Waals surface area contributed by atoms with Gasteiger partial charge < -0.3 is 19.5 Å². The first kappa shape index (κ1) is 18.9. The topological polar surface area (TPSA) is 74.5 Å². The molecule has 1 aliphatic heterocycles. The Labute approximate surface area is 166 Å². The van der Waals surface area contributed by atoms with E-state index in [2.05, 4.69) is 15.3 Å². The van der Waals surface area contributed by atoms with Crippen molar-refractivity contribution < 1.29 is 18.0 Å². The number of benzene rings is 1. The van der Waals surface area contributed by atoms with E-state index in [1.165, 1.54) is 24.5 Å². The fraction of sp³-hybridized carbons (Fsp3) is 0.250. The van der Waals surface area contributed by atoms with Gasteiger partial charge in [-0.2, -0.15) is 4.98 Å². The minimum absolute atomic E-state index is 0.155. The molecule has 1 fully saturated rings. The maximum absolute atomic E-state index is 13.9. The van der Waals surface area contributed by atoms with E-state index in [0.29, 0.717) is 49.4 Å². The van der Waals surface area contributed by atoms with Gasteiger partial charge in [0.25, 0.3) is 5.91 Å². The molecule has 0 unspecified atom stereocenters. The quantitative estimate of drug-likeness (QED) is 0.725. The van der Waals surface area contributed by atoms with E-state index in [0.717, 1.165) is 0 Å². The molecular weight excluding hydrogens is 380 g/mol. The standard InChI is InChI=1S/C20H19F2N5O2/c1-13-12-17(24-18-14(21)4-2-5-15(18)22)25-20(23-13)27-9-7-26(8-10-27)19(28)16-6-3-11-29-16/h2-6,11-12H,7-10H2,1H3,(H,23,24,25). The van der Waals surface area contributed by atoms with Crippen LogP contribution in [0.5, 0.6) is 0 Å². The van der Waals surface area contributed by atoms with Crippen molar-refractivity contribution in [2.24, 2.45) is 0 Å². The van der Waals surface area contributed by atoms with Crippen LogP contribution in [0.15, 0.2) is 47.1 Å². The molecule has 9 heteroatoms. The van der Waals surface area contributed by atoms with Gasteiger partial charge in [0.05, 0.1) is 6.26 Å². The Kier molecular flexibility index (Phi) is 5.11. The summed E-state index contributed by atoms with van der Waals surface area (Å²) in [7, 11) is 0. The van der Waals surface area contributed by atoms with E-state index in [-0.39, 0.29) is 11.6 Å². The molecule has 1 aromatic carbocycles. The number of nitrogens with zero attached hydrogens (tertiary/aromatic N) is 4. The summed E-state index contributed by atoms with van der Waals surface area (Å²) in [6.07, 6.45) is 1.47. The zero-order chi connectivity index (χ0) is 20.4. The number of carbonyl (C=O) groups excluding carboxylic acids is 1. The van der Waals surface area contributed by atoms with Crippen molar-refractivity contribution in [3.05, 3.63) is 65.7 Å². The smallest absolute Gasteiger partial charge is 0.289 e. The molecule has 150 valence electrons. The largest absolute Gasteiger partial charge is 0.459 e. The maximum Gasteiger partial charge on any atom is 0.289 e.